The first-order chi connectivity index (χ1) is 10.4. The lowest BCUT2D eigenvalue weighted by Crippen LogP contribution is -2.44. The molecule has 118 valence electrons. The number of nitrogens with zero attached hydrogens (tertiary/aromatic N) is 3. The van der Waals surface area contributed by atoms with E-state index in [1.165, 1.54) is 32.1 Å². The molecule has 1 aliphatic heterocycles. The van der Waals surface area contributed by atoms with Gasteiger partial charge in [0.2, 0.25) is 5.95 Å². The smallest absolute Gasteiger partial charge is 0.225 e. The van der Waals surface area contributed by atoms with Gasteiger partial charge < -0.3 is 15.0 Å². The van der Waals surface area contributed by atoms with E-state index in [4.69, 9.17) is 4.74 Å². The third-order valence-electron chi connectivity index (χ3n) is 3.78. The molecule has 5 nitrogen and oxygen atoms in total. The Morgan fingerprint density at radius 3 is 2.43 bits per heavy atom. The maximum Gasteiger partial charge on any atom is 0.225 e. The molecule has 0 amide bonds. The van der Waals surface area contributed by atoms with E-state index in [0.29, 0.717) is 0 Å². The molecule has 0 saturated carbocycles. The topological polar surface area (TPSA) is 50.3 Å². The molecule has 1 aromatic rings. The molecule has 2 rings (SSSR count). The summed E-state index contributed by atoms with van der Waals surface area (Å²) in [7, 11) is 0. The number of unbranched alkanes of at least 4 members (excludes halogenated alkanes) is 5. The Bertz CT molecular complexity index is 376. The van der Waals surface area contributed by atoms with E-state index >= 15 is 0 Å². The molecule has 1 saturated heterocycles. The van der Waals surface area contributed by atoms with Gasteiger partial charge in [0.25, 0.3) is 0 Å². The number of rotatable bonds is 9. The minimum absolute atomic E-state index is 0.766. The molecule has 0 aliphatic carbocycles. The van der Waals surface area contributed by atoms with Gasteiger partial charge in [-0.25, -0.2) is 9.97 Å². The molecule has 0 atom stereocenters. The van der Waals surface area contributed by atoms with E-state index in [1.54, 1.807) is 12.4 Å². The molecular weight excluding hydrogens is 264 g/mol. The summed E-state index contributed by atoms with van der Waals surface area (Å²) in [6.07, 6.45) is 11.3. The maximum atomic E-state index is 5.70. The number of hydrogen-bond acceptors (Lipinski definition) is 5. The van der Waals surface area contributed by atoms with Gasteiger partial charge in [0.15, 0.2) is 5.75 Å². The molecule has 0 unspecified atom stereocenters. The van der Waals surface area contributed by atoms with Crippen molar-refractivity contribution in [1.82, 2.24) is 15.3 Å². The van der Waals surface area contributed by atoms with Crippen molar-refractivity contribution in [3.8, 4) is 5.75 Å². The minimum atomic E-state index is 0.766. The number of nitrogens with one attached hydrogen (secondary N) is 1. The summed E-state index contributed by atoms with van der Waals surface area (Å²) in [5.41, 5.74) is 0. The van der Waals surface area contributed by atoms with Crippen molar-refractivity contribution in [2.75, 3.05) is 37.7 Å². The zero-order chi connectivity index (χ0) is 14.8. The average Bonchev–Trinajstić information content (AvgIpc) is 2.55. The van der Waals surface area contributed by atoms with Gasteiger partial charge in [0.05, 0.1) is 19.0 Å². The van der Waals surface area contributed by atoms with E-state index in [2.05, 4.69) is 27.1 Å². The molecule has 1 aromatic heterocycles. The van der Waals surface area contributed by atoms with Crippen LogP contribution in [0.2, 0.25) is 0 Å². The number of ether oxygens (including phenoxy) is 1. The second-order valence-electron chi connectivity index (χ2n) is 5.57. The van der Waals surface area contributed by atoms with Crippen molar-refractivity contribution in [2.45, 2.75) is 45.4 Å². The van der Waals surface area contributed by atoms with Crippen LogP contribution in [0.3, 0.4) is 0 Å². The predicted octanol–water partition coefficient (Wildman–Crippen LogP) is 2.63. The molecule has 0 bridgehead atoms. The summed E-state index contributed by atoms with van der Waals surface area (Å²) in [6.45, 7) is 6.95. The van der Waals surface area contributed by atoms with Gasteiger partial charge in [-0.15, -0.1) is 0 Å². The molecule has 1 N–H and O–H groups in total. The van der Waals surface area contributed by atoms with Crippen LogP contribution in [0, 0.1) is 0 Å². The Kier molecular flexibility index (Phi) is 7.29. The lowest BCUT2D eigenvalue weighted by molar-refractivity contribution is 0.302. The normalized spacial score (nSPS) is 15.2. The van der Waals surface area contributed by atoms with Gasteiger partial charge >= 0.3 is 0 Å². The SMILES string of the molecule is CCCCCCCCOc1cnc(N2CCNCC2)nc1. The van der Waals surface area contributed by atoms with E-state index in [9.17, 15) is 0 Å². The van der Waals surface area contributed by atoms with Gasteiger partial charge in [0, 0.05) is 26.2 Å². The zero-order valence-electron chi connectivity index (χ0n) is 13.2. The van der Waals surface area contributed by atoms with Crippen LogP contribution in [0.15, 0.2) is 12.4 Å². The summed E-state index contributed by atoms with van der Waals surface area (Å²) < 4.78 is 5.70. The van der Waals surface area contributed by atoms with Crippen LogP contribution in [-0.4, -0.2) is 42.8 Å². The van der Waals surface area contributed by atoms with E-state index < -0.39 is 0 Å². The first kappa shape index (κ1) is 16.0. The van der Waals surface area contributed by atoms with Crippen molar-refractivity contribution in [3.63, 3.8) is 0 Å². The molecule has 0 radical (unpaired) electrons. The predicted molar refractivity (Wildman–Crippen MR) is 86.0 cm³/mol. The number of aromatic nitrogens is 2. The van der Waals surface area contributed by atoms with Gasteiger partial charge in [-0.2, -0.15) is 0 Å². The van der Waals surface area contributed by atoms with Crippen LogP contribution < -0.4 is 15.0 Å². The molecule has 0 spiro atoms. The highest BCUT2D eigenvalue weighted by atomic mass is 16.5. The maximum absolute atomic E-state index is 5.70. The van der Waals surface area contributed by atoms with Crippen molar-refractivity contribution in [3.05, 3.63) is 12.4 Å². The largest absolute Gasteiger partial charge is 0.490 e. The number of hydrogen-bond donors (Lipinski definition) is 1. The summed E-state index contributed by atoms with van der Waals surface area (Å²) in [5.74, 6) is 1.59. The molecular formula is C16H28N4O. The highest BCUT2D eigenvalue weighted by Gasteiger charge is 2.12. The van der Waals surface area contributed by atoms with Crippen LogP contribution in [0.25, 0.3) is 0 Å². The van der Waals surface area contributed by atoms with Gasteiger partial charge in [-0.05, 0) is 6.42 Å². The summed E-state index contributed by atoms with van der Waals surface area (Å²) >= 11 is 0. The number of piperazine rings is 1. The van der Waals surface area contributed by atoms with Crippen molar-refractivity contribution in [2.24, 2.45) is 0 Å². The van der Waals surface area contributed by atoms with Crippen molar-refractivity contribution in [1.29, 1.82) is 0 Å². The lowest BCUT2D eigenvalue weighted by Gasteiger charge is -2.27. The Morgan fingerprint density at radius 1 is 1.05 bits per heavy atom. The standard InChI is InChI=1S/C16H28N4O/c1-2-3-4-5-6-7-12-21-15-13-18-16(19-14-15)20-10-8-17-9-11-20/h13-14,17H,2-12H2,1H3. The molecule has 0 aromatic carbocycles. The van der Waals surface area contributed by atoms with Gasteiger partial charge in [-0.3, -0.25) is 0 Å². The minimum Gasteiger partial charge on any atom is -0.490 e. The Balaban J connectivity index is 1.63. The first-order valence-corrected chi connectivity index (χ1v) is 8.30. The monoisotopic (exact) mass is 292 g/mol. The second kappa shape index (κ2) is 9.55. The van der Waals surface area contributed by atoms with Crippen LogP contribution in [-0.2, 0) is 0 Å². The lowest BCUT2D eigenvalue weighted by atomic mass is 10.1. The van der Waals surface area contributed by atoms with Crippen LogP contribution in [0.4, 0.5) is 5.95 Å². The van der Waals surface area contributed by atoms with Crippen LogP contribution in [0.5, 0.6) is 5.75 Å². The van der Waals surface area contributed by atoms with E-state index in [0.717, 1.165) is 50.9 Å². The van der Waals surface area contributed by atoms with E-state index in [1.807, 2.05) is 0 Å². The second-order valence-corrected chi connectivity index (χ2v) is 5.57. The fourth-order valence-corrected chi connectivity index (χ4v) is 2.48. The average molecular weight is 292 g/mol. The van der Waals surface area contributed by atoms with Gasteiger partial charge in [-0.1, -0.05) is 39.0 Å². The quantitative estimate of drug-likeness (QED) is 0.709. The Hall–Kier alpha value is -1.36. The van der Waals surface area contributed by atoms with Gasteiger partial charge in [0.1, 0.15) is 0 Å². The highest BCUT2D eigenvalue weighted by molar-refractivity contribution is 5.32. The van der Waals surface area contributed by atoms with Crippen molar-refractivity contribution >= 4 is 5.95 Å². The summed E-state index contributed by atoms with van der Waals surface area (Å²) in [6, 6.07) is 0. The number of anilines is 1. The van der Waals surface area contributed by atoms with E-state index in [-0.39, 0.29) is 0 Å². The third-order valence-corrected chi connectivity index (χ3v) is 3.78. The Labute approximate surface area is 128 Å². The Morgan fingerprint density at radius 2 is 1.71 bits per heavy atom. The van der Waals surface area contributed by atoms with Crippen LogP contribution >= 0.6 is 0 Å². The molecule has 2 heterocycles. The fraction of sp³-hybridized carbons (Fsp3) is 0.750. The zero-order valence-corrected chi connectivity index (χ0v) is 13.2. The molecule has 5 heteroatoms. The molecule has 21 heavy (non-hydrogen) atoms. The highest BCUT2D eigenvalue weighted by Crippen LogP contribution is 2.13. The van der Waals surface area contributed by atoms with Crippen LogP contribution in [0.1, 0.15) is 45.4 Å². The molecule has 1 aliphatic rings. The molecule has 1 fully saturated rings. The fourth-order valence-electron chi connectivity index (χ4n) is 2.48. The summed E-state index contributed by atoms with van der Waals surface area (Å²) in [5, 5.41) is 3.33. The summed E-state index contributed by atoms with van der Waals surface area (Å²) in [4.78, 5) is 11.0. The third kappa shape index (κ3) is 5.87. The first-order valence-electron chi connectivity index (χ1n) is 8.30. The van der Waals surface area contributed by atoms with Crippen molar-refractivity contribution < 1.29 is 4.74 Å².